The summed E-state index contributed by atoms with van der Waals surface area (Å²) >= 11 is 0. The average molecular weight is 615 g/mol. The maximum Gasteiger partial charge on any atom is 0.478 e. The molecule has 12 heteroatoms. The van der Waals surface area contributed by atoms with Gasteiger partial charge in [0.1, 0.15) is 11.9 Å². The Bertz CT molecular complexity index is 1330. The molecule has 0 unspecified atom stereocenters. The van der Waals surface area contributed by atoms with Crippen molar-refractivity contribution in [2.45, 2.75) is 85.1 Å². The number of methoxy groups -OCH3 is 1. The molecule has 1 amide bonds. The van der Waals surface area contributed by atoms with Crippen molar-refractivity contribution in [2.75, 3.05) is 13.7 Å². The van der Waals surface area contributed by atoms with E-state index in [9.17, 15) is 24.5 Å². The Kier molecular flexibility index (Phi) is 9.66. The number of hydrazone groups is 1. The van der Waals surface area contributed by atoms with Gasteiger partial charge in [-0.15, -0.1) is 6.58 Å². The van der Waals surface area contributed by atoms with Crippen LogP contribution in [-0.2, 0) is 19.1 Å². The summed E-state index contributed by atoms with van der Waals surface area (Å²) in [7, 11) is -0.225. The molecule has 2 saturated carbocycles. The highest BCUT2D eigenvalue weighted by atomic mass is 19.1. The van der Waals surface area contributed by atoms with Gasteiger partial charge in [-0.1, -0.05) is 39.8 Å². The number of halogens is 1. The molecular formula is C32H44BFN2O8. The number of aliphatic hydroxyl groups excluding tert-OH is 1. The Balaban J connectivity index is 1.57. The van der Waals surface area contributed by atoms with Crippen LogP contribution >= 0.6 is 0 Å². The van der Waals surface area contributed by atoms with Gasteiger partial charge >= 0.3 is 19.1 Å². The van der Waals surface area contributed by atoms with E-state index in [1.165, 1.54) is 26.3 Å². The molecule has 1 heterocycles. The number of alkyl halides is 1. The van der Waals surface area contributed by atoms with Gasteiger partial charge in [0.05, 0.1) is 19.4 Å². The van der Waals surface area contributed by atoms with Crippen LogP contribution in [0.3, 0.4) is 0 Å². The summed E-state index contributed by atoms with van der Waals surface area (Å²) in [6, 6.07) is 4.77. The highest BCUT2D eigenvalue weighted by molar-refractivity contribution is 6.67. The Hall–Kier alpha value is -3.25. The van der Waals surface area contributed by atoms with Crippen LogP contribution in [0.4, 0.5) is 9.18 Å². The number of benzene rings is 1. The van der Waals surface area contributed by atoms with Crippen LogP contribution in [0, 0.1) is 28.1 Å². The number of rotatable bonds is 8. The fraction of sp³-hybridized carbons (Fsp3) is 0.625. The van der Waals surface area contributed by atoms with Crippen molar-refractivity contribution in [1.29, 1.82) is 0 Å². The van der Waals surface area contributed by atoms with Crippen LogP contribution in [0.1, 0.15) is 72.3 Å². The Morgan fingerprint density at radius 3 is 2.64 bits per heavy atom. The maximum absolute atomic E-state index is 15.1. The van der Waals surface area contributed by atoms with Crippen molar-refractivity contribution < 1.29 is 43.1 Å². The van der Waals surface area contributed by atoms with Gasteiger partial charge in [-0.2, -0.15) is 5.10 Å². The first-order valence-electron chi connectivity index (χ1n) is 15.1. The fourth-order valence-electron chi connectivity index (χ4n) is 7.45. The van der Waals surface area contributed by atoms with E-state index in [1.54, 1.807) is 18.2 Å². The molecule has 240 valence electrons. The Morgan fingerprint density at radius 2 is 2.00 bits per heavy atom. The second-order valence-corrected chi connectivity index (χ2v) is 13.4. The zero-order valence-corrected chi connectivity index (χ0v) is 26.4. The molecule has 44 heavy (non-hydrogen) atoms. The number of hydrogen-bond donors (Lipinski definition) is 2. The van der Waals surface area contributed by atoms with Crippen molar-refractivity contribution >= 4 is 36.6 Å². The van der Waals surface area contributed by atoms with E-state index >= 15 is 4.39 Å². The van der Waals surface area contributed by atoms with Gasteiger partial charge in [-0.25, -0.2) is 18.9 Å². The van der Waals surface area contributed by atoms with E-state index < -0.39 is 66.1 Å². The summed E-state index contributed by atoms with van der Waals surface area (Å²) in [6.45, 7) is 12.8. The molecule has 1 aromatic rings. The first kappa shape index (κ1) is 33.6. The maximum atomic E-state index is 15.1. The van der Waals surface area contributed by atoms with Crippen LogP contribution in [0.25, 0.3) is 0 Å². The Morgan fingerprint density at radius 1 is 1.30 bits per heavy atom. The lowest BCUT2D eigenvalue weighted by Gasteiger charge is -2.60. The summed E-state index contributed by atoms with van der Waals surface area (Å²) < 4.78 is 31.7. The zero-order chi connectivity index (χ0) is 32.6. The number of nitrogens with zero attached hydrogens (tertiary/aromatic N) is 2. The minimum absolute atomic E-state index is 0.00215. The number of fused-ring (bicyclic) bond motifs is 3. The molecule has 0 radical (unpaired) electrons. The number of carbonyl (C=O) groups is 3. The van der Waals surface area contributed by atoms with Crippen molar-refractivity contribution in [3.8, 4) is 5.75 Å². The topological polar surface area (TPSA) is 135 Å². The van der Waals surface area contributed by atoms with Gasteiger partial charge in [0.2, 0.25) is 0 Å². The lowest BCUT2D eigenvalue weighted by Crippen LogP contribution is -2.58. The second-order valence-electron chi connectivity index (χ2n) is 13.4. The first-order valence-corrected chi connectivity index (χ1v) is 15.1. The third-order valence-corrected chi connectivity index (χ3v) is 10.8. The molecule has 10 nitrogen and oxygen atoms in total. The van der Waals surface area contributed by atoms with E-state index in [4.69, 9.17) is 9.47 Å². The van der Waals surface area contributed by atoms with E-state index in [-0.39, 0.29) is 24.0 Å². The van der Waals surface area contributed by atoms with Gasteiger partial charge < -0.3 is 24.3 Å². The summed E-state index contributed by atoms with van der Waals surface area (Å²) in [4.78, 5) is 38.1. The number of ether oxygens (including phenoxy) is 3. The molecule has 2 bridgehead atoms. The molecule has 3 aliphatic rings. The summed E-state index contributed by atoms with van der Waals surface area (Å²) in [6.07, 6.45) is 1.24. The largest absolute Gasteiger partial charge is 0.482 e. The number of ketones is 1. The van der Waals surface area contributed by atoms with Crippen molar-refractivity contribution in [3.05, 3.63) is 36.4 Å². The third kappa shape index (κ3) is 6.15. The number of aliphatic hydroxyl groups is 1. The molecule has 8 atom stereocenters. The van der Waals surface area contributed by atoms with Gasteiger partial charge in [0, 0.05) is 10.8 Å². The van der Waals surface area contributed by atoms with Crippen molar-refractivity contribution in [2.24, 2.45) is 33.2 Å². The molecule has 1 aliphatic heterocycles. The lowest BCUT2D eigenvalue weighted by molar-refractivity contribution is -0.192. The minimum atomic E-state index is -1.65. The third-order valence-electron chi connectivity index (χ3n) is 10.8. The molecule has 1 aromatic carbocycles. The van der Waals surface area contributed by atoms with Crippen LogP contribution in [0.5, 0.6) is 5.75 Å². The Labute approximate surface area is 258 Å². The van der Waals surface area contributed by atoms with Gasteiger partial charge in [-0.3, -0.25) is 4.79 Å². The smallest absolute Gasteiger partial charge is 0.478 e. The molecule has 0 spiro atoms. The number of amides is 1. The normalized spacial score (nSPS) is 33.8. The predicted molar refractivity (Wildman–Crippen MR) is 163 cm³/mol. The highest BCUT2D eigenvalue weighted by Gasteiger charge is 2.59. The van der Waals surface area contributed by atoms with Gasteiger partial charge in [0.25, 0.3) is 0 Å². The molecule has 2 aliphatic carbocycles. The summed E-state index contributed by atoms with van der Waals surface area (Å²) in [5, 5.41) is 26.2. The quantitative estimate of drug-likeness (QED) is 0.257. The first-order chi connectivity index (χ1) is 20.6. The van der Waals surface area contributed by atoms with Crippen molar-refractivity contribution in [1.82, 2.24) is 4.92 Å². The van der Waals surface area contributed by atoms with Crippen molar-refractivity contribution in [3.63, 3.8) is 0 Å². The van der Waals surface area contributed by atoms with Crippen LogP contribution < -0.4 is 10.2 Å². The van der Waals surface area contributed by atoms with Crippen LogP contribution in [0.2, 0.25) is 0 Å². The van der Waals surface area contributed by atoms with E-state index in [2.05, 4.69) is 30.3 Å². The number of esters is 1. The molecule has 4 rings (SSSR count). The average Bonchev–Trinajstić information content (AvgIpc) is 3.00. The number of hydrogen-bond acceptors (Lipinski definition) is 9. The van der Waals surface area contributed by atoms with E-state index in [0.29, 0.717) is 30.3 Å². The molecule has 0 aromatic heterocycles. The van der Waals surface area contributed by atoms with E-state index in [1.807, 2.05) is 13.8 Å². The monoisotopic (exact) mass is 614 g/mol. The number of carbonyl (C=O) groups excluding carboxylic acids is 3. The highest BCUT2D eigenvalue weighted by Crippen LogP contribution is 2.62. The van der Waals surface area contributed by atoms with E-state index in [0.717, 1.165) is 11.3 Å². The molecular weight excluding hydrogens is 570 g/mol. The fourth-order valence-corrected chi connectivity index (χ4v) is 7.45. The summed E-state index contributed by atoms with van der Waals surface area (Å²) in [5.41, 5.74) is -1.18. The van der Waals surface area contributed by atoms with Crippen LogP contribution in [0.15, 0.2) is 36.0 Å². The van der Waals surface area contributed by atoms with Crippen LogP contribution in [-0.4, -0.2) is 78.3 Å². The minimum Gasteiger partial charge on any atom is -0.482 e. The lowest BCUT2D eigenvalue weighted by atomic mass is 9.47. The predicted octanol–water partition coefficient (Wildman–Crippen LogP) is 3.80. The summed E-state index contributed by atoms with van der Waals surface area (Å²) in [5.74, 6) is -1.10. The van der Waals surface area contributed by atoms with Gasteiger partial charge in [0.15, 0.2) is 18.6 Å². The SMILES string of the molecule is C=C[C@]1(C)C[C@@H](OC(=O)COc2ccc3c(c2)B(O)N(C(=O)OC)N=C3)[C@@]2(C)C[C@](C[C@H](F)C(C)=O)(CC[C@H]2C)[C@@H](C)[C@@H]1O. The standard InChI is InChI=1S/C32H44BFN2O8/c1-8-30(5)15-26(31(6)18-32(12-11-19(31)2,20(3)28(30)39)14-25(34)21(4)37)44-27(38)17-43-23-10-9-22-16-35-36(29(40)42-7)33(41)24(22)13-23/h8-10,13,16,19-20,25-26,28,39,41H,1,11-12,14-15,17-18H2,2-7H3/t19-,20+,25+,26-,28+,30-,31+,32-/m1/s1. The molecule has 0 saturated heterocycles. The molecule has 2 N–H and O–H groups in total. The van der Waals surface area contributed by atoms with Gasteiger partial charge in [-0.05, 0) is 79.4 Å². The number of Topliss-reactive ketones (excluding diaryl/α,β-unsaturated/α-hetero) is 1. The zero-order valence-electron chi connectivity index (χ0n) is 26.4. The second kappa shape index (κ2) is 12.6. The molecule has 2 fully saturated rings.